The maximum atomic E-state index is 4.68. The van der Waals surface area contributed by atoms with Gasteiger partial charge in [-0.05, 0) is 12.8 Å². The Morgan fingerprint density at radius 1 is 1.33 bits per heavy atom. The summed E-state index contributed by atoms with van der Waals surface area (Å²) < 4.78 is 0. The highest BCUT2D eigenvalue weighted by Gasteiger charge is 2.17. The van der Waals surface area contributed by atoms with Gasteiger partial charge in [0.05, 0.1) is 12.2 Å². The summed E-state index contributed by atoms with van der Waals surface area (Å²) in [7, 11) is 1.80. The largest absolute Gasteiger partial charge is 0.354 e. The molecule has 0 saturated heterocycles. The Kier molecular flexibility index (Phi) is 8.77. The minimum absolute atomic E-state index is 0. The summed E-state index contributed by atoms with van der Waals surface area (Å²) in [6.45, 7) is 13.8. The van der Waals surface area contributed by atoms with Crippen LogP contribution in [-0.4, -0.2) is 24.0 Å². The van der Waals surface area contributed by atoms with Gasteiger partial charge in [-0.2, -0.15) is 0 Å². The van der Waals surface area contributed by atoms with Gasteiger partial charge in [0.25, 0.3) is 0 Å². The number of aliphatic imine (C=N–C) groups is 1. The summed E-state index contributed by atoms with van der Waals surface area (Å²) in [6.07, 6.45) is 0. The van der Waals surface area contributed by atoms with Gasteiger partial charge in [0.15, 0.2) is 5.96 Å². The predicted molar refractivity (Wildman–Crippen MR) is 104 cm³/mol. The van der Waals surface area contributed by atoms with Gasteiger partial charge in [-0.15, -0.1) is 35.3 Å². The van der Waals surface area contributed by atoms with E-state index >= 15 is 0 Å². The van der Waals surface area contributed by atoms with E-state index in [4.69, 9.17) is 0 Å². The van der Waals surface area contributed by atoms with Gasteiger partial charge in [-0.3, -0.25) is 4.99 Å². The van der Waals surface area contributed by atoms with Gasteiger partial charge >= 0.3 is 0 Å². The molecule has 0 saturated carbocycles. The molecule has 2 N–H and O–H groups in total. The first-order valence-electron chi connectivity index (χ1n) is 7.16. The lowest BCUT2D eigenvalue weighted by Crippen LogP contribution is -2.43. The van der Waals surface area contributed by atoms with Crippen LogP contribution in [0.3, 0.4) is 0 Å². The predicted octanol–water partition coefficient (Wildman–Crippen LogP) is 3.77. The van der Waals surface area contributed by atoms with E-state index in [2.05, 4.69) is 67.5 Å². The minimum atomic E-state index is 0. The lowest BCUT2D eigenvalue weighted by molar-refractivity contribution is 0.481. The second kappa shape index (κ2) is 8.92. The molecule has 1 unspecified atom stereocenters. The van der Waals surface area contributed by atoms with Crippen LogP contribution in [0.25, 0.3) is 0 Å². The summed E-state index contributed by atoms with van der Waals surface area (Å²) in [5, 5.41) is 9.95. The van der Waals surface area contributed by atoms with Crippen LogP contribution < -0.4 is 10.6 Å². The molecule has 6 heteroatoms. The van der Waals surface area contributed by atoms with Gasteiger partial charge in [0.2, 0.25) is 0 Å². The second-order valence-electron chi connectivity index (χ2n) is 6.48. The number of thiazole rings is 1. The van der Waals surface area contributed by atoms with Crippen molar-refractivity contribution in [1.29, 1.82) is 0 Å². The molecule has 1 heterocycles. The third-order valence-electron chi connectivity index (χ3n) is 3.32. The molecule has 1 rings (SSSR count). The lowest BCUT2D eigenvalue weighted by atomic mass is 9.93. The third-order valence-corrected chi connectivity index (χ3v) is 4.16. The number of nitrogens with zero attached hydrogens (tertiary/aromatic N) is 2. The van der Waals surface area contributed by atoms with Gasteiger partial charge in [-0.25, -0.2) is 4.98 Å². The molecule has 0 fully saturated rings. The van der Waals surface area contributed by atoms with Crippen molar-refractivity contribution in [2.24, 2.45) is 10.9 Å². The second-order valence-corrected chi connectivity index (χ2v) is 7.42. The first-order chi connectivity index (χ1) is 9.24. The topological polar surface area (TPSA) is 49.3 Å². The molecule has 1 aromatic heterocycles. The van der Waals surface area contributed by atoms with E-state index in [0.717, 1.165) is 16.7 Å². The average molecular weight is 424 g/mol. The van der Waals surface area contributed by atoms with Gasteiger partial charge in [-0.1, -0.05) is 34.6 Å². The standard InChI is InChI=1S/C15H28N4S.HI/c1-10(2)11(3)18-14(16-7)17-8-13-19-12(9-20-13)15(4,5)6;/h9-11H,8H2,1-7H3,(H2,16,17,18);1H. The van der Waals surface area contributed by atoms with Crippen molar-refractivity contribution in [1.82, 2.24) is 15.6 Å². The van der Waals surface area contributed by atoms with Crippen LogP contribution in [0.5, 0.6) is 0 Å². The van der Waals surface area contributed by atoms with Crippen LogP contribution in [-0.2, 0) is 12.0 Å². The van der Waals surface area contributed by atoms with Crippen molar-refractivity contribution >= 4 is 41.3 Å². The third kappa shape index (κ3) is 6.95. The number of aromatic nitrogens is 1. The number of hydrogen-bond acceptors (Lipinski definition) is 3. The van der Waals surface area contributed by atoms with E-state index in [9.17, 15) is 0 Å². The zero-order valence-corrected chi connectivity index (χ0v) is 17.3. The van der Waals surface area contributed by atoms with Crippen LogP contribution in [0.15, 0.2) is 10.4 Å². The van der Waals surface area contributed by atoms with Crippen molar-refractivity contribution in [3.05, 3.63) is 16.1 Å². The fraction of sp³-hybridized carbons (Fsp3) is 0.733. The molecule has 0 amide bonds. The molecule has 0 radical (unpaired) electrons. The molecule has 0 aliphatic carbocycles. The highest BCUT2D eigenvalue weighted by Crippen LogP contribution is 2.23. The maximum absolute atomic E-state index is 4.68. The Labute approximate surface area is 150 Å². The first-order valence-corrected chi connectivity index (χ1v) is 8.04. The van der Waals surface area contributed by atoms with Crippen LogP contribution >= 0.6 is 35.3 Å². The molecule has 0 aliphatic heterocycles. The molecule has 21 heavy (non-hydrogen) atoms. The monoisotopic (exact) mass is 424 g/mol. The Hall–Kier alpha value is -0.370. The van der Waals surface area contributed by atoms with Crippen molar-refractivity contribution < 1.29 is 0 Å². The highest BCUT2D eigenvalue weighted by atomic mass is 127. The van der Waals surface area contributed by atoms with Crippen LogP contribution in [0.1, 0.15) is 52.2 Å². The Bertz CT molecular complexity index is 449. The summed E-state index contributed by atoms with van der Waals surface area (Å²) in [5.74, 6) is 1.40. The molecule has 1 aromatic rings. The van der Waals surface area contributed by atoms with Crippen molar-refractivity contribution in [3.8, 4) is 0 Å². The Morgan fingerprint density at radius 3 is 2.38 bits per heavy atom. The molecule has 0 aromatic carbocycles. The summed E-state index contributed by atoms with van der Waals surface area (Å²) in [5.41, 5.74) is 1.26. The molecule has 0 spiro atoms. The molecule has 0 aliphatic rings. The molecule has 122 valence electrons. The first kappa shape index (κ1) is 20.6. The van der Waals surface area contributed by atoms with E-state index in [1.165, 1.54) is 0 Å². The average Bonchev–Trinajstić information content (AvgIpc) is 2.82. The van der Waals surface area contributed by atoms with E-state index in [1.807, 2.05) is 0 Å². The smallest absolute Gasteiger partial charge is 0.191 e. The fourth-order valence-electron chi connectivity index (χ4n) is 1.47. The highest BCUT2D eigenvalue weighted by molar-refractivity contribution is 14.0. The zero-order valence-electron chi connectivity index (χ0n) is 14.2. The van der Waals surface area contributed by atoms with E-state index < -0.39 is 0 Å². The van der Waals surface area contributed by atoms with Gasteiger partial charge in [0, 0.05) is 23.9 Å². The molecular formula is C15H29IN4S. The van der Waals surface area contributed by atoms with Gasteiger partial charge in [0.1, 0.15) is 5.01 Å². The zero-order chi connectivity index (χ0) is 15.3. The Balaban J connectivity index is 0.00000400. The van der Waals surface area contributed by atoms with Gasteiger partial charge < -0.3 is 10.6 Å². The van der Waals surface area contributed by atoms with Crippen LogP contribution in [0.2, 0.25) is 0 Å². The SMILES string of the molecule is CN=C(NCc1nc(C(C)(C)C)cs1)NC(C)C(C)C.I. The molecule has 0 bridgehead atoms. The van der Waals surface area contributed by atoms with Crippen molar-refractivity contribution in [2.45, 2.75) is 59.5 Å². The molecule has 4 nitrogen and oxygen atoms in total. The number of halogens is 1. The van der Waals surface area contributed by atoms with Crippen molar-refractivity contribution in [3.63, 3.8) is 0 Å². The van der Waals surface area contributed by atoms with Crippen LogP contribution in [0.4, 0.5) is 0 Å². The number of nitrogens with one attached hydrogen (secondary N) is 2. The molecular weight excluding hydrogens is 395 g/mol. The van der Waals surface area contributed by atoms with E-state index in [1.54, 1.807) is 18.4 Å². The minimum Gasteiger partial charge on any atom is -0.354 e. The number of hydrogen-bond donors (Lipinski definition) is 2. The molecule has 1 atom stereocenters. The van der Waals surface area contributed by atoms with E-state index in [-0.39, 0.29) is 29.4 Å². The summed E-state index contributed by atoms with van der Waals surface area (Å²) >= 11 is 1.70. The lowest BCUT2D eigenvalue weighted by Gasteiger charge is -2.20. The van der Waals surface area contributed by atoms with Crippen LogP contribution in [0, 0.1) is 5.92 Å². The summed E-state index contributed by atoms with van der Waals surface area (Å²) in [6, 6.07) is 0.391. The fourth-order valence-corrected chi connectivity index (χ4v) is 2.43. The number of rotatable bonds is 4. The quantitative estimate of drug-likeness (QED) is 0.440. The normalized spacial score (nSPS) is 13.8. The number of guanidine groups is 1. The summed E-state index contributed by atoms with van der Waals surface area (Å²) in [4.78, 5) is 8.93. The Morgan fingerprint density at radius 2 is 1.95 bits per heavy atom. The van der Waals surface area contributed by atoms with E-state index in [0.29, 0.717) is 18.5 Å². The maximum Gasteiger partial charge on any atom is 0.191 e. The van der Waals surface area contributed by atoms with Crippen molar-refractivity contribution in [2.75, 3.05) is 7.05 Å².